The van der Waals surface area contributed by atoms with E-state index in [1.165, 1.54) is 0 Å². The number of carboxylic acid groups (broad SMARTS) is 5. The van der Waals surface area contributed by atoms with Crippen LogP contribution in [0.2, 0.25) is 0 Å². The lowest BCUT2D eigenvalue weighted by atomic mass is 9.54. The van der Waals surface area contributed by atoms with E-state index in [0.717, 1.165) is 0 Å². The number of carbonyl (C=O) groups is 5. The van der Waals surface area contributed by atoms with Crippen molar-refractivity contribution >= 4 is 29.8 Å². The Morgan fingerprint density at radius 1 is 0.810 bits per heavy atom. The lowest BCUT2D eigenvalue weighted by molar-refractivity contribution is -0.194. The van der Waals surface area contributed by atoms with Crippen LogP contribution in [0.3, 0.4) is 0 Å². The van der Waals surface area contributed by atoms with Crippen LogP contribution in [0.1, 0.15) is 12.8 Å². The van der Waals surface area contributed by atoms with E-state index < -0.39 is 59.1 Å². The van der Waals surface area contributed by atoms with E-state index >= 15 is 0 Å². The smallest absolute Gasteiger partial charge is 0.333 e. The van der Waals surface area contributed by atoms with Gasteiger partial charge in [-0.25, -0.2) is 4.79 Å². The first kappa shape index (κ1) is 16.1. The van der Waals surface area contributed by atoms with Gasteiger partial charge < -0.3 is 25.5 Å². The Labute approximate surface area is 115 Å². The molecule has 1 aliphatic rings. The molecular weight excluding hydrogens is 292 g/mol. The van der Waals surface area contributed by atoms with E-state index in [9.17, 15) is 34.2 Å². The minimum absolute atomic E-state index is 0.400. The molecule has 114 valence electrons. The summed E-state index contributed by atoms with van der Waals surface area (Å²) in [6.45, 7) is 0. The quantitative estimate of drug-likeness (QED) is 0.398. The molecule has 10 nitrogen and oxygen atoms in total. The summed E-state index contributed by atoms with van der Waals surface area (Å²) in [5, 5.41) is 45.7. The van der Waals surface area contributed by atoms with Gasteiger partial charge in [0.25, 0.3) is 0 Å². The molecule has 0 heterocycles. The van der Waals surface area contributed by atoms with Crippen LogP contribution in [0, 0.1) is 10.8 Å². The normalized spacial score (nSPS) is 19.1. The highest BCUT2D eigenvalue weighted by atomic mass is 16.4. The molecule has 21 heavy (non-hydrogen) atoms. The SMILES string of the molecule is O=C(O)C1=CCCC(C(=O)O)(C(=O)O)C1(C(=O)O)C(=O)O. The lowest BCUT2D eigenvalue weighted by Gasteiger charge is -2.41. The van der Waals surface area contributed by atoms with Crippen LogP contribution in [-0.2, 0) is 24.0 Å². The maximum Gasteiger partial charge on any atom is 0.333 e. The molecular formula is C11H10O10. The first-order valence-corrected chi connectivity index (χ1v) is 5.44. The van der Waals surface area contributed by atoms with E-state index in [4.69, 9.17) is 15.3 Å². The molecule has 0 saturated carbocycles. The van der Waals surface area contributed by atoms with Crippen molar-refractivity contribution in [3.63, 3.8) is 0 Å². The molecule has 0 aromatic heterocycles. The number of hydrogen-bond donors (Lipinski definition) is 5. The van der Waals surface area contributed by atoms with Crippen molar-refractivity contribution in [2.24, 2.45) is 10.8 Å². The van der Waals surface area contributed by atoms with Gasteiger partial charge in [0.2, 0.25) is 5.41 Å². The van der Waals surface area contributed by atoms with Crippen molar-refractivity contribution in [1.29, 1.82) is 0 Å². The summed E-state index contributed by atoms with van der Waals surface area (Å²) in [6, 6.07) is 0. The zero-order chi connectivity index (χ0) is 16.6. The van der Waals surface area contributed by atoms with Crippen LogP contribution >= 0.6 is 0 Å². The Balaban J connectivity index is 3.97. The predicted molar refractivity (Wildman–Crippen MR) is 60.4 cm³/mol. The molecule has 0 spiro atoms. The Hall–Kier alpha value is -2.91. The number of allylic oxidation sites excluding steroid dienone is 1. The molecule has 0 aromatic carbocycles. The third-order valence-electron chi connectivity index (χ3n) is 3.51. The minimum atomic E-state index is -3.63. The van der Waals surface area contributed by atoms with E-state index in [2.05, 4.69) is 0 Å². The Morgan fingerprint density at radius 3 is 1.52 bits per heavy atom. The summed E-state index contributed by atoms with van der Waals surface area (Å²) in [5.41, 5.74) is -8.25. The molecule has 10 heteroatoms. The Bertz CT molecular complexity index is 556. The number of hydrogen-bond acceptors (Lipinski definition) is 5. The fourth-order valence-electron chi connectivity index (χ4n) is 2.56. The van der Waals surface area contributed by atoms with Crippen molar-refractivity contribution in [2.75, 3.05) is 0 Å². The van der Waals surface area contributed by atoms with E-state index in [-0.39, 0.29) is 0 Å². The van der Waals surface area contributed by atoms with E-state index in [1.807, 2.05) is 0 Å². The fraction of sp³-hybridized carbons (Fsp3) is 0.364. The standard InChI is InChI=1S/C11H10O10/c12-5(13)4-2-1-3-10(6(14)15,7(16)17)11(4,8(18)19)9(20)21/h2H,1,3H2,(H,12,13)(H,14,15)(H,16,17)(H,18,19)(H,20,21). The van der Waals surface area contributed by atoms with Crippen molar-refractivity contribution in [2.45, 2.75) is 12.8 Å². The second-order valence-corrected chi connectivity index (χ2v) is 4.34. The molecule has 0 atom stereocenters. The summed E-state index contributed by atoms with van der Waals surface area (Å²) >= 11 is 0. The van der Waals surface area contributed by atoms with Gasteiger partial charge in [0.1, 0.15) is 0 Å². The Morgan fingerprint density at radius 2 is 1.24 bits per heavy atom. The molecule has 0 radical (unpaired) electrons. The summed E-state index contributed by atoms with van der Waals surface area (Å²) in [7, 11) is 0. The van der Waals surface area contributed by atoms with Gasteiger partial charge in [-0.05, 0) is 12.8 Å². The maximum atomic E-state index is 11.4. The highest BCUT2D eigenvalue weighted by molar-refractivity contribution is 6.19. The maximum absolute atomic E-state index is 11.4. The predicted octanol–water partition coefficient (Wildman–Crippen LogP) is -0.898. The third-order valence-corrected chi connectivity index (χ3v) is 3.51. The van der Waals surface area contributed by atoms with Crippen LogP contribution in [0.25, 0.3) is 0 Å². The summed E-state index contributed by atoms with van der Waals surface area (Å²) in [4.78, 5) is 56.8. The zero-order valence-corrected chi connectivity index (χ0v) is 10.3. The van der Waals surface area contributed by atoms with Gasteiger partial charge in [0.05, 0.1) is 5.57 Å². The zero-order valence-electron chi connectivity index (χ0n) is 10.3. The van der Waals surface area contributed by atoms with Crippen LogP contribution in [-0.4, -0.2) is 55.4 Å². The molecule has 0 fully saturated rings. The average molecular weight is 302 g/mol. The topological polar surface area (TPSA) is 186 Å². The fourth-order valence-corrected chi connectivity index (χ4v) is 2.56. The van der Waals surface area contributed by atoms with Gasteiger partial charge in [-0.3, -0.25) is 19.2 Å². The molecule has 0 amide bonds. The second kappa shape index (κ2) is 4.89. The largest absolute Gasteiger partial charge is 0.480 e. The molecule has 0 unspecified atom stereocenters. The van der Waals surface area contributed by atoms with Gasteiger partial charge in [0.15, 0.2) is 5.41 Å². The monoisotopic (exact) mass is 302 g/mol. The molecule has 5 N–H and O–H groups in total. The van der Waals surface area contributed by atoms with Gasteiger partial charge in [-0.15, -0.1) is 0 Å². The van der Waals surface area contributed by atoms with Crippen LogP contribution in [0.5, 0.6) is 0 Å². The second-order valence-electron chi connectivity index (χ2n) is 4.34. The van der Waals surface area contributed by atoms with Crippen molar-refractivity contribution in [3.8, 4) is 0 Å². The van der Waals surface area contributed by atoms with Crippen molar-refractivity contribution < 1.29 is 49.5 Å². The summed E-state index contributed by atoms with van der Waals surface area (Å²) in [6.07, 6.45) is -0.551. The van der Waals surface area contributed by atoms with Crippen LogP contribution in [0.4, 0.5) is 0 Å². The highest BCUT2D eigenvalue weighted by Gasteiger charge is 2.75. The summed E-state index contributed by atoms with van der Waals surface area (Å²) < 4.78 is 0. The van der Waals surface area contributed by atoms with Gasteiger partial charge in [0, 0.05) is 0 Å². The molecule has 1 aliphatic carbocycles. The lowest BCUT2D eigenvalue weighted by Crippen LogP contribution is -2.64. The van der Waals surface area contributed by atoms with Gasteiger partial charge in [-0.1, -0.05) is 6.08 Å². The van der Waals surface area contributed by atoms with Crippen molar-refractivity contribution in [1.82, 2.24) is 0 Å². The molecule has 0 saturated heterocycles. The molecule has 0 bridgehead atoms. The Kier molecular flexibility index (Phi) is 3.76. The number of rotatable bonds is 5. The molecule has 1 rings (SSSR count). The van der Waals surface area contributed by atoms with Gasteiger partial charge in [-0.2, -0.15) is 0 Å². The van der Waals surface area contributed by atoms with E-state index in [0.29, 0.717) is 6.08 Å². The van der Waals surface area contributed by atoms with Gasteiger partial charge >= 0.3 is 29.8 Å². The summed E-state index contributed by atoms with van der Waals surface area (Å²) in [5.74, 6) is -11.2. The molecule has 0 aliphatic heterocycles. The van der Waals surface area contributed by atoms with Crippen molar-refractivity contribution in [3.05, 3.63) is 11.6 Å². The molecule has 0 aromatic rings. The third kappa shape index (κ3) is 1.75. The highest BCUT2D eigenvalue weighted by Crippen LogP contribution is 2.52. The first-order chi connectivity index (χ1) is 9.56. The van der Waals surface area contributed by atoms with Crippen LogP contribution in [0.15, 0.2) is 11.6 Å². The first-order valence-electron chi connectivity index (χ1n) is 5.44. The minimum Gasteiger partial charge on any atom is -0.480 e. The average Bonchev–Trinajstić information content (AvgIpc) is 2.35. The van der Waals surface area contributed by atoms with Crippen LogP contribution < -0.4 is 0 Å². The number of carboxylic acids is 5. The number of aliphatic carboxylic acids is 5. The van der Waals surface area contributed by atoms with E-state index in [1.54, 1.807) is 0 Å².